The fourth-order valence-corrected chi connectivity index (χ4v) is 11.9. The van der Waals surface area contributed by atoms with Crippen molar-refractivity contribution in [1.29, 1.82) is 0 Å². The zero-order chi connectivity index (χ0) is 26.5. The molecule has 10 atom stereocenters. The Morgan fingerprint density at radius 2 is 1.50 bits per heavy atom. The number of fused-ring (bicyclic) bond motifs is 7. The minimum Gasteiger partial charge on any atom is -0.481 e. The maximum absolute atomic E-state index is 12.8. The van der Waals surface area contributed by atoms with E-state index in [9.17, 15) is 14.7 Å². The lowest BCUT2D eigenvalue weighted by atomic mass is 9.32. The third kappa shape index (κ3) is 3.17. The lowest BCUT2D eigenvalue weighted by molar-refractivity contribution is -0.250. The number of ether oxygens (including phenoxy) is 1. The number of carbonyl (C=O) groups excluding carboxylic acids is 1. The van der Waals surface area contributed by atoms with E-state index in [1.54, 1.807) is 6.92 Å². The summed E-state index contributed by atoms with van der Waals surface area (Å²) < 4.78 is 5.88. The molecule has 1 unspecified atom stereocenters. The third-order valence-electron chi connectivity index (χ3n) is 13.7. The van der Waals surface area contributed by atoms with Gasteiger partial charge in [-0.1, -0.05) is 46.8 Å². The number of carbonyl (C=O) groups is 2. The zero-order valence-corrected chi connectivity index (χ0v) is 23.9. The molecule has 202 valence electrons. The van der Waals surface area contributed by atoms with Crippen molar-refractivity contribution < 1.29 is 19.4 Å². The van der Waals surface area contributed by atoms with Crippen LogP contribution in [-0.4, -0.2) is 23.1 Å². The fourth-order valence-electron chi connectivity index (χ4n) is 11.9. The van der Waals surface area contributed by atoms with Crippen LogP contribution in [0.5, 0.6) is 0 Å². The van der Waals surface area contributed by atoms with E-state index in [0.717, 1.165) is 44.9 Å². The van der Waals surface area contributed by atoms with Gasteiger partial charge in [0.15, 0.2) is 0 Å². The summed E-state index contributed by atoms with van der Waals surface area (Å²) in [5.41, 5.74) is 1.20. The molecular formula is C32H50O4. The summed E-state index contributed by atoms with van der Waals surface area (Å²) in [6.45, 7) is 20.4. The number of esters is 1. The predicted octanol–water partition coefficient (Wildman–Crippen LogP) is 7.66. The van der Waals surface area contributed by atoms with Gasteiger partial charge in [0, 0.05) is 12.3 Å². The minimum atomic E-state index is -0.553. The third-order valence-corrected chi connectivity index (χ3v) is 13.7. The van der Waals surface area contributed by atoms with Gasteiger partial charge in [-0.05, 0) is 117 Å². The first kappa shape index (κ1) is 26.3. The highest BCUT2D eigenvalue weighted by atomic mass is 16.5. The minimum absolute atomic E-state index is 0.00466. The summed E-state index contributed by atoms with van der Waals surface area (Å²) in [7, 11) is 0. The Balaban J connectivity index is 1.52. The Morgan fingerprint density at radius 1 is 0.806 bits per heavy atom. The van der Waals surface area contributed by atoms with E-state index in [1.165, 1.54) is 24.8 Å². The number of aliphatic carboxylic acids is 1. The SMILES string of the molecule is C=C(C)[C@@H]1CC[C@]2(C(=O)O)CC[C@]3(C)[C@H](CCC4[C@@]5(C)CC[C@H](OC(C)=O)C(C)(C)[C@@H]5CC[C@]43C)[C@@H]12. The molecule has 0 bridgehead atoms. The highest BCUT2D eigenvalue weighted by Gasteiger charge is 2.72. The van der Waals surface area contributed by atoms with Gasteiger partial charge in [0.25, 0.3) is 0 Å². The molecule has 0 aliphatic heterocycles. The quantitative estimate of drug-likeness (QED) is 0.320. The summed E-state index contributed by atoms with van der Waals surface area (Å²) in [5.74, 6) is 1.49. The summed E-state index contributed by atoms with van der Waals surface area (Å²) in [5, 5.41) is 10.5. The van der Waals surface area contributed by atoms with Gasteiger partial charge in [-0.3, -0.25) is 9.59 Å². The lowest BCUT2D eigenvalue weighted by Crippen LogP contribution is -2.67. The lowest BCUT2D eigenvalue weighted by Gasteiger charge is -2.72. The number of hydrogen-bond acceptors (Lipinski definition) is 3. The largest absolute Gasteiger partial charge is 0.481 e. The van der Waals surface area contributed by atoms with E-state index in [0.29, 0.717) is 23.7 Å². The van der Waals surface area contributed by atoms with Crippen molar-refractivity contribution in [2.75, 3.05) is 0 Å². The van der Waals surface area contributed by atoms with Gasteiger partial charge < -0.3 is 9.84 Å². The Hall–Kier alpha value is -1.32. The molecule has 0 aromatic heterocycles. The molecule has 4 nitrogen and oxygen atoms in total. The van der Waals surface area contributed by atoms with Crippen molar-refractivity contribution in [2.45, 2.75) is 119 Å². The zero-order valence-electron chi connectivity index (χ0n) is 23.9. The first-order chi connectivity index (χ1) is 16.6. The molecule has 0 amide bonds. The number of rotatable bonds is 3. The van der Waals surface area contributed by atoms with E-state index in [-0.39, 0.29) is 39.7 Å². The van der Waals surface area contributed by atoms with Gasteiger partial charge in [0.2, 0.25) is 0 Å². The Morgan fingerprint density at radius 3 is 2.11 bits per heavy atom. The average Bonchev–Trinajstić information content (AvgIpc) is 3.17. The van der Waals surface area contributed by atoms with Crippen molar-refractivity contribution >= 4 is 11.9 Å². The second-order valence-electron chi connectivity index (χ2n) is 15.1. The maximum Gasteiger partial charge on any atom is 0.309 e. The highest BCUT2D eigenvalue weighted by Crippen LogP contribution is 2.77. The smallest absolute Gasteiger partial charge is 0.309 e. The van der Waals surface area contributed by atoms with Crippen LogP contribution >= 0.6 is 0 Å². The molecule has 5 saturated carbocycles. The Labute approximate surface area is 219 Å². The molecule has 5 aliphatic carbocycles. The van der Waals surface area contributed by atoms with Crippen LogP contribution in [0.4, 0.5) is 0 Å². The summed E-state index contributed by atoms with van der Waals surface area (Å²) >= 11 is 0. The number of carboxylic acid groups (broad SMARTS) is 1. The average molecular weight is 499 g/mol. The van der Waals surface area contributed by atoms with Gasteiger partial charge >= 0.3 is 11.9 Å². The standard InChI is InChI=1S/C32H50O4/c1-19(2)21-11-16-32(27(34)35)18-17-30(7)22(26(21)32)9-10-24-29(6)14-13-25(36-20(3)33)28(4,5)23(29)12-15-31(24,30)8/h21-26H,1,9-18H2,2-8H3,(H,34,35)/t21-,22+,23-,24?,25-,26+,29-,30+,31+,32-/m0/s1. The molecule has 0 aromatic carbocycles. The van der Waals surface area contributed by atoms with E-state index >= 15 is 0 Å². The number of carboxylic acids is 1. The molecule has 5 fully saturated rings. The van der Waals surface area contributed by atoms with Crippen LogP contribution in [0.15, 0.2) is 12.2 Å². The first-order valence-electron chi connectivity index (χ1n) is 14.7. The Bertz CT molecular complexity index is 967. The highest BCUT2D eigenvalue weighted by molar-refractivity contribution is 5.76. The maximum atomic E-state index is 12.8. The van der Waals surface area contributed by atoms with Gasteiger partial charge in [-0.15, -0.1) is 0 Å². The molecule has 5 aliphatic rings. The fraction of sp³-hybridized carbons (Fsp3) is 0.875. The van der Waals surface area contributed by atoms with Crippen LogP contribution in [0.25, 0.3) is 0 Å². The molecule has 0 radical (unpaired) electrons. The van der Waals surface area contributed by atoms with E-state index in [1.807, 2.05) is 0 Å². The van der Waals surface area contributed by atoms with E-state index in [2.05, 4.69) is 48.1 Å². The second-order valence-corrected chi connectivity index (χ2v) is 15.1. The molecule has 0 aromatic rings. The molecule has 0 spiro atoms. The Kier molecular flexibility index (Phi) is 5.91. The van der Waals surface area contributed by atoms with Crippen LogP contribution in [0.1, 0.15) is 113 Å². The van der Waals surface area contributed by atoms with E-state index in [4.69, 9.17) is 4.74 Å². The van der Waals surface area contributed by atoms with Gasteiger partial charge in [-0.2, -0.15) is 0 Å². The molecule has 36 heavy (non-hydrogen) atoms. The van der Waals surface area contributed by atoms with Crippen molar-refractivity contribution in [1.82, 2.24) is 0 Å². The van der Waals surface area contributed by atoms with Crippen molar-refractivity contribution in [3.05, 3.63) is 12.2 Å². The van der Waals surface area contributed by atoms with Gasteiger partial charge in [0.1, 0.15) is 6.10 Å². The van der Waals surface area contributed by atoms with Crippen molar-refractivity contribution in [3.63, 3.8) is 0 Å². The second kappa shape index (κ2) is 8.09. The van der Waals surface area contributed by atoms with Crippen LogP contribution in [0.3, 0.4) is 0 Å². The first-order valence-corrected chi connectivity index (χ1v) is 14.7. The predicted molar refractivity (Wildman–Crippen MR) is 142 cm³/mol. The summed E-state index contributed by atoms with van der Waals surface area (Å²) in [6, 6.07) is 0. The molecule has 1 N–H and O–H groups in total. The van der Waals surface area contributed by atoms with E-state index < -0.39 is 11.4 Å². The number of allylic oxidation sites excluding steroid dienone is 1. The monoisotopic (exact) mass is 498 g/mol. The van der Waals surface area contributed by atoms with Crippen LogP contribution in [0, 0.1) is 56.7 Å². The molecule has 5 rings (SSSR count). The van der Waals surface area contributed by atoms with Crippen LogP contribution in [0.2, 0.25) is 0 Å². The number of hydrogen-bond donors (Lipinski definition) is 1. The molecule has 0 saturated heterocycles. The van der Waals surface area contributed by atoms with Gasteiger partial charge in [-0.25, -0.2) is 0 Å². The summed E-state index contributed by atoms with van der Waals surface area (Å²) in [4.78, 5) is 24.7. The van der Waals surface area contributed by atoms with Crippen LogP contribution < -0.4 is 0 Å². The summed E-state index contributed by atoms with van der Waals surface area (Å²) in [6.07, 6.45) is 10.5. The van der Waals surface area contributed by atoms with Gasteiger partial charge in [0.05, 0.1) is 5.41 Å². The topological polar surface area (TPSA) is 63.6 Å². The van der Waals surface area contributed by atoms with Crippen LogP contribution in [-0.2, 0) is 14.3 Å². The molecule has 4 heteroatoms. The molecular weight excluding hydrogens is 448 g/mol. The van der Waals surface area contributed by atoms with Crippen molar-refractivity contribution in [2.24, 2.45) is 56.7 Å². The molecule has 0 heterocycles. The van der Waals surface area contributed by atoms with Crippen molar-refractivity contribution in [3.8, 4) is 0 Å². The normalized spacial score (nSPS) is 51.2.